The Morgan fingerprint density at radius 3 is 2.29 bits per heavy atom. The predicted molar refractivity (Wildman–Crippen MR) is 86.3 cm³/mol. The average molecular weight is 292 g/mol. The molecule has 1 amide bonds. The monoisotopic (exact) mass is 292 g/mol. The lowest BCUT2D eigenvalue weighted by molar-refractivity contribution is 0.0524. The minimum Gasteiger partial charge on any atom is -0.444 e. The molecular formula is C17H28N2O2. The molecule has 0 aromatic heterocycles. The molecule has 0 saturated heterocycles. The number of alkyl carbamates (subject to hydrolysis) is 1. The van der Waals surface area contributed by atoms with Crippen molar-refractivity contribution < 1.29 is 9.53 Å². The SMILES string of the molecule is CC(C)(C)OC(=O)NCC(N)c1ccccc1C(C)(C)C. The smallest absolute Gasteiger partial charge is 0.407 e. The normalized spacial score (nSPS) is 13.7. The van der Waals surface area contributed by atoms with Crippen LogP contribution in [0.15, 0.2) is 24.3 Å². The van der Waals surface area contributed by atoms with Crippen molar-refractivity contribution in [2.24, 2.45) is 5.73 Å². The van der Waals surface area contributed by atoms with E-state index in [0.717, 1.165) is 5.56 Å². The Morgan fingerprint density at radius 2 is 1.76 bits per heavy atom. The summed E-state index contributed by atoms with van der Waals surface area (Å²) in [5.74, 6) is 0. The second-order valence-corrected chi connectivity index (χ2v) is 7.33. The third-order valence-electron chi connectivity index (χ3n) is 3.03. The Labute approximate surface area is 128 Å². The fourth-order valence-electron chi connectivity index (χ4n) is 2.12. The Bertz CT molecular complexity index is 484. The van der Waals surface area contributed by atoms with Gasteiger partial charge in [0, 0.05) is 12.6 Å². The van der Waals surface area contributed by atoms with Crippen LogP contribution in [0.5, 0.6) is 0 Å². The zero-order chi connectivity index (χ0) is 16.3. The van der Waals surface area contributed by atoms with Crippen LogP contribution in [0.4, 0.5) is 4.79 Å². The van der Waals surface area contributed by atoms with Gasteiger partial charge in [-0.15, -0.1) is 0 Å². The Morgan fingerprint density at radius 1 is 1.19 bits per heavy atom. The number of benzene rings is 1. The molecule has 118 valence electrons. The highest BCUT2D eigenvalue weighted by Crippen LogP contribution is 2.28. The molecule has 4 heteroatoms. The van der Waals surface area contributed by atoms with Gasteiger partial charge in [0.25, 0.3) is 0 Å². The molecular weight excluding hydrogens is 264 g/mol. The van der Waals surface area contributed by atoms with E-state index in [-0.39, 0.29) is 11.5 Å². The molecule has 1 unspecified atom stereocenters. The molecule has 0 aliphatic rings. The first kappa shape index (κ1) is 17.5. The molecule has 3 N–H and O–H groups in total. The van der Waals surface area contributed by atoms with Crippen LogP contribution in [0.25, 0.3) is 0 Å². The van der Waals surface area contributed by atoms with E-state index >= 15 is 0 Å². The quantitative estimate of drug-likeness (QED) is 0.896. The van der Waals surface area contributed by atoms with Crippen molar-refractivity contribution in [3.8, 4) is 0 Å². The highest BCUT2D eigenvalue weighted by atomic mass is 16.6. The lowest BCUT2D eigenvalue weighted by atomic mass is 9.82. The molecule has 4 nitrogen and oxygen atoms in total. The average Bonchev–Trinajstić information content (AvgIpc) is 2.33. The molecule has 0 spiro atoms. The number of rotatable bonds is 3. The first-order chi connectivity index (χ1) is 9.50. The maximum absolute atomic E-state index is 11.7. The number of hydrogen-bond donors (Lipinski definition) is 2. The Balaban J connectivity index is 2.73. The van der Waals surface area contributed by atoms with E-state index in [4.69, 9.17) is 10.5 Å². The Kier molecular flexibility index (Phi) is 5.40. The number of carbonyl (C=O) groups excluding carboxylic acids is 1. The molecule has 0 fully saturated rings. The van der Waals surface area contributed by atoms with Crippen molar-refractivity contribution in [1.29, 1.82) is 0 Å². The molecule has 1 aromatic rings. The van der Waals surface area contributed by atoms with Crippen LogP contribution in [0, 0.1) is 0 Å². The number of carbonyl (C=O) groups is 1. The fourth-order valence-corrected chi connectivity index (χ4v) is 2.12. The van der Waals surface area contributed by atoms with Gasteiger partial charge in [0.15, 0.2) is 0 Å². The number of hydrogen-bond acceptors (Lipinski definition) is 3. The van der Waals surface area contributed by atoms with E-state index in [1.54, 1.807) is 0 Å². The number of amides is 1. The molecule has 1 atom stereocenters. The zero-order valence-electron chi connectivity index (χ0n) is 14.0. The van der Waals surface area contributed by atoms with E-state index in [1.807, 2.05) is 39.0 Å². The third kappa shape index (κ3) is 5.76. The minimum absolute atomic E-state index is 0.0140. The fraction of sp³-hybridized carbons (Fsp3) is 0.588. The standard InChI is InChI=1S/C17H28N2O2/c1-16(2,3)13-10-8-7-9-12(13)14(18)11-19-15(20)21-17(4,5)6/h7-10,14H,11,18H2,1-6H3,(H,19,20). The highest BCUT2D eigenvalue weighted by molar-refractivity contribution is 5.67. The summed E-state index contributed by atoms with van der Waals surface area (Å²) in [5, 5.41) is 2.73. The van der Waals surface area contributed by atoms with Crippen molar-refractivity contribution >= 4 is 6.09 Å². The van der Waals surface area contributed by atoms with Crippen LogP contribution < -0.4 is 11.1 Å². The topological polar surface area (TPSA) is 64.3 Å². The van der Waals surface area contributed by atoms with Crippen LogP contribution >= 0.6 is 0 Å². The van der Waals surface area contributed by atoms with E-state index < -0.39 is 11.7 Å². The predicted octanol–water partition coefficient (Wildman–Crippen LogP) is 3.51. The molecule has 0 heterocycles. The second-order valence-electron chi connectivity index (χ2n) is 7.33. The van der Waals surface area contributed by atoms with Gasteiger partial charge in [-0.05, 0) is 37.3 Å². The lowest BCUT2D eigenvalue weighted by Gasteiger charge is -2.26. The summed E-state index contributed by atoms with van der Waals surface area (Å²) in [6.45, 7) is 12.3. The van der Waals surface area contributed by atoms with Crippen LogP contribution in [0.2, 0.25) is 0 Å². The van der Waals surface area contributed by atoms with Crippen LogP contribution in [0.1, 0.15) is 58.7 Å². The number of ether oxygens (including phenoxy) is 1. The van der Waals surface area contributed by atoms with Gasteiger partial charge in [-0.25, -0.2) is 4.79 Å². The highest BCUT2D eigenvalue weighted by Gasteiger charge is 2.22. The summed E-state index contributed by atoms with van der Waals surface area (Å²) in [6, 6.07) is 7.83. The van der Waals surface area contributed by atoms with Crippen LogP contribution in [0.3, 0.4) is 0 Å². The molecule has 1 aromatic carbocycles. The lowest BCUT2D eigenvalue weighted by Crippen LogP contribution is -2.37. The maximum Gasteiger partial charge on any atom is 0.407 e. The summed E-state index contributed by atoms with van der Waals surface area (Å²) < 4.78 is 5.22. The number of nitrogens with two attached hydrogens (primary N) is 1. The third-order valence-corrected chi connectivity index (χ3v) is 3.03. The van der Waals surface area contributed by atoms with E-state index in [2.05, 4.69) is 32.2 Å². The van der Waals surface area contributed by atoms with Crippen LogP contribution in [-0.4, -0.2) is 18.2 Å². The molecule has 21 heavy (non-hydrogen) atoms. The minimum atomic E-state index is -0.502. The molecule has 0 aliphatic heterocycles. The summed E-state index contributed by atoms with van der Waals surface area (Å²) in [4.78, 5) is 11.7. The summed E-state index contributed by atoms with van der Waals surface area (Å²) in [7, 11) is 0. The van der Waals surface area contributed by atoms with E-state index in [1.165, 1.54) is 5.56 Å². The molecule has 0 bridgehead atoms. The van der Waals surface area contributed by atoms with Crippen molar-refractivity contribution in [2.45, 2.75) is 58.6 Å². The summed E-state index contributed by atoms with van der Waals surface area (Å²) >= 11 is 0. The Hall–Kier alpha value is -1.55. The second kappa shape index (κ2) is 6.48. The van der Waals surface area contributed by atoms with E-state index in [0.29, 0.717) is 6.54 Å². The van der Waals surface area contributed by atoms with Gasteiger partial charge in [0.05, 0.1) is 0 Å². The molecule has 0 saturated carbocycles. The zero-order valence-corrected chi connectivity index (χ0v) is 14.0. The van der Waals surface area contributed by atoms with Gasteiger partial charge in [0.1, 0.15) is 5.60 Å². The van der Waals surface area contributed by atoms with Gasteiger partial charge in [-0.2, -0.15) is 0 Å². The molecule has 0 radical (unpaired) electrons. The van der Waals surface area contributed by atoms with E-state index in [9.17, 15) is 4.79 Å². The first-order valence-corrected chi connectivity index (χ1v) is 7.32. The van der Waals surface area contributed by atoms with Gasteiger partial charge < -0.3 is 15.8 Å². The van der Waals surface area contributed by atoms with Crippen molar-refractivity contribution in [3.05, 3.63) is 35.4 Å². The maximum atomic E-state index is 11.7. The van der Waals surface area contributed by atoms with Crippen molar-refractivity contribution in [1.82, 2.24) is 5.32 Å². The first-order valence-electron chi connectivity index (χ1n) is 7.32. The number of nitrogens with one attached hydrogen (secondary N) is 1. The van der Waals surface area contributed by atoms with Crippen LogP contribution in [-0.2, 0) is 10.2 Å². The van der Waals surface area contributed by atoms with Gasteiger partial charge in [-0.3, -0.25) is 0 Å². The van der Waals surface area contributed by atoms with Gasteiger partial charge >= 0.3 is 6.09 Å². The van der Waals surface area contributed by atoms with Gasteiger partial charge in [0.2, 0.25) is 0 Å². The van der Waals surface area contributed by atoms with Gasteiger partial charge in [-0.1, -0.05) is 45.0 Å². The molecule has 0 aliphatic carbocycles. The molecule has 1 rings (SSSR count). The van der Waals surface area contributed by atoms with Crippen molar-refractivity contribution in [3.63, 3.8) is 0 Å². The summed E-state index contributed by atoms with van der Waals surface area (Å²) in [5.41, 5.74) is 8.00. The van der Waals surface area contributed by atoms with Crippen molar-refractivity contribution in [2.75, 3.05) is 6.54 Å². The summed E-state index contributed by atoms with van der Waals surface area (Å²) in [6.07, 6.45) is -0.439. The largest absolute Gasteiger partial charge is 0.444 e.